The van der Waals surface area contributed by atoms with Crippen molar-refractivity contribution in [2.45, 2.75) is 12.5 Å². The van der Waals surface area contributed by atoms with Crippen LogP contribution in [0.3, 0.4) is 0 Å². The summed E-state index contributed by atoms with van der Waals surface area (Å²) < 4.78 is 5.08. The van der Waals surface area contributed by atoms with Gasteiger partial charge < -0.3 is 15.2 Å². The van der Waals surface area contributed by atoms with E-state index < -0.39 is 4.92 Å². The predicted octanol–water partition coefficient (Wildman–Crippen LogP) is 2.68. The average Bonchev–Trinajstić information content (AvgIpc) is 2.54. The van der Waals surface area contributed by atoms with Crippen molar-refractivity contribution in [3.63, 3.8) is 0 Å². The lowest BCUT2D eigenvalue weighted by Gasteiger charge is -2.35. The van der Waals surface area contributed by atoms with Crippen molar-refractivity contribution in [1.29, 1.82) is 0 Å². The molecule has 0 aliphatic carbocycles. The van der Waals surface area contributed by atoms with Crippen LogP contribution in [0, 0.1) is 10.1 Å². The third-order valence-corrected chi connectivity index (χ3v) is 3.86. The summed E-state index contributed by atoms with van der Waals surface area (Å²) in [5, 5.41) is 24.8. The number of phenols is 1. The maximum Gasteiger partial charge on any atom is 0.273 e. The first-order chi connectivity index (χ1) is 10.6. The van der Waals surface area contributed by atoms with Crippen molar-refractivity contribution in [2.75, 3.05) is 33.3 Å². The van der Waals surface area contributed by atoms with Crippen molar-refractivity contribution >= 4 is 30.5 Å². The second-order valence-corrected chi connectivity index (χ2v) is 5.17. The van der Waals surface area contributed by atoms with Crippen LogP contribution in [0.4, 0.5) is 5.69 Å². The highest BCUT2D eigenvalue weighted by atomic mass is 35.5. The van der Waals surface area contributed by atoms with Gasteiger partial charge in [0.1, 0.15) is 0 Å². The van der Waals surface area contributed by atoms with Crippen molar-refractivity contribution in [2.24, 2.45) is 0 Å². The minimum Gasteiger partial charge on any atom is -0.504 e. The molecule has 0 saturated carbocycles. The van der Waals surface area contributed by atoms with Gasteiger partial charge in [0.05, 0.1) is 18.1 Å². The second kappa shape index (κ2) is 10.4. The van der Waals surface area contributed by atoms with Crippen molar-refractivity contribution < 1.29 is 14.8 Å². The quantitative estimate of drug-likeness (QED) is 0.448. The van der Waals surface area contributed by atoms with Gasteiger partial charge in [0.2, 0.25) is 0 Å². The van der Waals surface area contributed by atoms with E-state index in [1.807, 2.05) is 0 Å². The van der Waals surface area contributed by atoms with E-state index >= 15 is 0 Å². The molecular formula is C15H23Cl2N3O4. The molecule has 0 aromatic heterocycles. The van der Waals surface area contributed by atoms with E-state index in [0.717, 1.165) is 26.2 Å². The van der Waals surface area contributed by atoms with Crippen molar-refractivity contribution in [1.82, 2.24) is 10.2 Å². The molecule has 1 aromatic rings. The van der Waals surface area contributed by atoms with Gasteiger partial charge in [-0.25, -0.2) is 0 Å². The number of phenolic OH excluding ortho intramolecular Hbond substituents is 1. The van der Waals surface area contributed by atoms with Crippen LogP contribution in [0.2, 0.25) is 0 Å². The summed E-state index contributed by atoms with van der Waals surface area (Å²) in [7, 11) is 1.38. The van der Waals surface area contributed by atoms with Gasteiger partial charge in [0, 0.05) is 43.9 Å². The lowest BCUT2D eigenvalue weighted by atomic mass is 9.98. The van der Waals surface area contributed by atoms with Gasteiger partial charge in [0.15, 0.2) is 11.5 Å². The fourth-order valence-corrected chi connectivity index (χ4v) is 2.75. The van der Waals surface area contributed by atoms with Crippen LogP contribution in [0.1, 0.15) is 18.0 Å². The molecule has 136 valence electrons. The van der Waals surface area contributed by atoms with Crippen molar-refractivity contribution in [3.8, 4) is 11.5 Å². The molecule has 0 amide bonds. The molecule has 7 nitrogen and oxygen atoms in total. The van der Waals surface area contributed by atoms with Crippen LogP contribution in [0.25, 0.3) is 0 Å². The van der Waals surface area contributed by atoms with E-state index in [-0.39, 0.29) is 48.0 Å². The SMILES string of the molecule is C=CC[C@H](c1cc([N+](=O)[O-])cc(OC)c1O)N1CCNCC1.Cl.Cl. The van der Waals surface area contributed by atoms with Crippen LogP contribution in [-0.2, 0) is 0 Å². The number of ether oxygens (including phenoxy) is 1. The Hall–Kier alpha value is -1.54. The highest BCUT2D eigenvalue weighted by Gasteiger charge is 2.27. The molecule has 1 aromatic carbocycles. The topological polar surface area (TPSA) is 87.9 Å². The van der Waals surface area contributed by atoms with Crippen LogP contribution >= 0.6 is 24.8 Å². The van der Waals surface area contributed by atoms with Crippen LogP contribution in [0.5, 0.6) is 11.5 Å². The molecule has 0 radical (unpaired) electrons. The summed E-state index contributed by atoms with van der Waals surface area (Å²) in [5.41, 5.74) is 0.418. The number of benzene rings is 1. The highest BCUT2D eigenvalue weighted by Crippen LogP contribution is 2.41. The molecule has 1 aliphatic rings. The number of rotatable bonds is 6. The average molecular weight is 380 g/mol. The zero-order valence-electron chi connectivity index (χ0n) is 13.4. The normalized spacial score (nSPS) is 15.5. The van der Waals surface area contributed by atoms with Crippen LogP contribution in [0.15, 0.2) is 24.8 Å². The van der Waals surface area contributed by atoms with Gasteiger partial charge in [-0.05, 0) is 6.42 Å². The Bertz CT molecular complexity index is 566. The Morgan fingerprint density at radius 2 is 2.08 bits per heavy atom. The molecule has 1 aliphatic heterocycles. The van der Waals surface area contributed by atoms with Gasteiger partial charge >= 0.3 is 0 Å². The molecule has 1 fully saturated rings. The molecule has 0 spiro atoms. The highest BCUT2D eigenvalue weighted by molar-refractivity contribution is 5.85. The predicted molar refractivity (Wildman–Crippen MR) is 97.8 cm³/mol. The summed E-state index contributed by atoms with van der Waals surface area (Å²) >= 11 is 0. The standard InChI is InChI=1S/C15H21N3O4.2ClH/c1-3-4-13(17-7-5-16-6-8-17)12-9-11(18(20)21)10-14(22-2)15(12)19;;/h3,9-10,13,16,19H,1,4-8H2,2H3;2*1H/t13-;;/m1../s1. The van der Waals surface area contributed by atoms with Gasteiger partial charge in [-0.1, -0.05) is 6.08 Å². The second-order valence-electron chi connectivity index (χ2n) is 5.17. The number of nitrogens with one attached hydrogen (secondary N) is 1. The number of methoxy groups -OCH3 is 1. The molecule has 0 unspecified atom stereocenters. The monoisotopic (exact) mass is 379 g/mol. The number of hydrogen-bond acceptors (Lipinski definition) is 6. The Morgan fingerprint density at radius 1 is 1.46 bits per heavy atom. The largest absolute Gasteiger partial charge is 0.504 e. The smallest absolute Gasteiger partial charge is 0.273 e. The number of piperazine rings is 1. The molecule has 2 N–H and O–H groups in total. The van der Waals surface area contributed by atoms with Crippen LogP contribution in [-0.4, -0.2) is 48.2 Å². The summed E-state index contributed by atoms with van der Waals surface area (Å²) in [6.45, 7) is 7.07. The molecule has 1 heterocycles. The van der Waals surface area contributed by atoms with Gasteiger partial charge in [-0.3, -0.25) is 15.0 Å². The lowest BCUT2D eigenvalue weighted by molar-refractivity contribution is -0.385. The Balaban J connectivity index is 0.00000264. The first-order valence-corrected chi connectivity index (χ1v) is 7.19. The summed E-state index contributed by atoms with van der Waals surface area (Å²) in [5.74, 6) is 0.0758. The number of nitro benzene ring substituents is 1. The van der Waals surface area contributed by atoms with E-state index in [0.29, 0.717) is 12.0 Å². The summed E-state index contributed by atoms with van der Waals surface area (Å²) in [4.78, 5) is 12.8. The lowest BCUT2D eigenvalue weighted by Crippen LogP contribution is -2.45. The third-order valence-electron chi connectivity index (χ3n) is 3.86. The number of hydrogen-bond donors (Lipinski definition) is 2. The first kappa shape index (κ1) is 22.5. The molecule has 0 bridgehead atoms. The fourth-order valence-electron chi connectivity index (χ4n) is 2.75. The minimum atomic E-state index is -0.478. The van der Waals surface area contributed by atoms with E-state index in [2.05, 4.69) is 16.8 Å². The number of aromatic hydroxyl groups is 1. The summed E-state index contributed by atoms with van der Waals surface area (Å²) in [6, 6.07) is 2.50. The van der Waals surface area contributed by atoms with E-state index in [1.165, 1.54) is 19.2 Å². The number of non-ortho nitro benzene ring substituents is 1. The van der Waals surface area contributed by atoms with Gasteiger partial charge in [-0.2, -0.15) is 0 Å². The molecular weight excluding hydrogens is 357 g/mol. The Morgan fingerprint density at radius 3 is 2.58 bits per heavy atom. The van der Waals surface area contributed by atoms with Crippen molar-refractivity contribution in [3.05, 3.63) is 40.5 Å². The van der Waals surface area contributed by atoms with E-state index in [4.69, 9.17) is 4.74 Å². The minimum absolute atomic E-state index is 0. The fraction of sp³-hybridized carbons (Fsp3) is 0.467. The number of nitro groups is 1. The number of nitrogens with zero attached hydrogens (tertiary/aromatic N) is 2. The molecule has 9 heteroatoms. The van der Waals surface area contributed by atoms with E-state index in [9.17, 15) is 15.2 Å². The zero-order chi connectivity index (χ0) is 16.1. The molecule has 2 rings (SSSR count). The Kier molecular flexibility index (Phi) is 9.69. The van der Waals surface area contributed by atoms with Gasteiger partial charge in [0.25, 0.3) is 5.69 Å². The molecule has 1 saturated heterocycles. The maximum atomic E-state index is 11.1. The maximum absolute atomic E-state index is 11.1. The summed E-state index contributed by atoms with van der Waals surface area (Å²) in [6.07, 6.45) is 2.36. The van der Waals surface area contributed by atoms with Crippen LogP contribution < -0.4 is 10.1 Å². The number of halogens is 2. The van der Waals surface area contributed by atoms with Gasteiger partial charge in [-0.15, -0.1) is 31.4 Å². The Labute approximate surface area is 153 Å². The van der Waals surface area contributed by atoms with E-state index in [1.54, 1.807) is 6.08 Å². The molecule has 24 heavy (non-hydrogen) atoms. The first-order valence-electron chi connectivity index (χ1n) is 7.19. The zero-order valence-corrected chi connectivity index (χ0v) is 15.1. The molecule has 1 atom stereocenters. The third kappa shape index (κ3) is 4.98.